The number of benzene rings is 2. The number of methoxy groups -OCH3 is 2. The summed E-state index contributed by atoms with van der Waals surface area (Å²) in [5, 5.41) is 4.21. The van der Waals surface area contributed by atoms with Crippen molar-refractivity contribution in [3.63, 3.8) is 0 Å². The Morgan fingerprint density at radius 3 is 2.14 bits per heavy atom. The molecular formula is C15H14Br2N2O2. The van der Waals surface area contributed by atoms with E-state index < -0.39 is 0 Å². The van der Waals surface area contributed by atoms with Crippen LogP contribution in [0.2, 0.25) is 0 Å². The van der Waals surface area contributed by atoms with Crippen LogP contribution >= 0.6 is 31.9 Å². The molecule has 2 aromatic rings. The van der Waals surface area contributed by atoms with Crippen molar-refractivity contribution in [1.29, 1.82) is 0 Å². The quantitative estimate of drug-likeness (QED) is 0.571. The maximum Gasteiger partial charge on any atom is 0.147 e. The normalized spacial score (nSPS) is 10.7. The van der Waals surface area contributed by atoms with Gasteiger partial charge in [0, 0.05) is 0 Å². The van der Waals surface area contributed by atoms with Gasteiger partial charge < -0.3 is 9.47 Å². The molecular weight excluding hydrogens is 400 g/mol. The van der Waals surface area contributed by atoms with Crippen LogP contribution in [0.1, 0.15) is 5.56 Å². The molecule has 4 nitrogen and oxygen atoms in total. The maximum absolute atomic E-state index is 5.26. The molecule has 0 spiro atoms. The first-order valence-corrected chi connectivity index (χ1v) is 7.69. The SMILES string of the molecule is COc1ccc(N/N=C/c2cc(Br)c(OC)c(Br)c2)cc1. The minimum atomic E-state index is 0.760. The van der Waals surface area contributed by atoms with Crippen LogP contribution in [0.5, 0.6) is 11.5 Å². The van der Waals surface area contributed by atoms with E-state index in [1.54, 1.807) is 20.4 Å². The molecule has 110 valence electrons. The van der Waals surface area contributed by atoms with E-state index in [2.05, 4.69) is 42.4 Å². The molecule has 0 amide bonds. The van der Waals surface area contributed by atoms with E-state index in [9.17, 15) is 0 Å². The van der Waals surface area contributed by atoms with Crippen LogP contribution in [-0.2, 0) is 0 Å². The lowest BCUT2D eigenvalue weighted by atomic mass is 10.2. The molecule has 21 heavy (non-hydrogen) atoms. The number of anilines is 1. The summed E-state index contributed by atoms with van der Waals surface area (Å²) < 4.78 is 12.1. The summed E-state index contributed by atoms with van der Waals surface area (Å²) in [4.78, 5) is 0. The summed E-state index contributed by atoms with van der Waals surface area (Å²) in [5.41, 5.74) is 4.79. The van der Waals surface area contributed by atoms with E-state index in [0.717, 1.165) is 31.7 Å². The molecule has 0 fully saturated rings. The average molecular weight is 414 g/mol. The lowest BCUT2D eigenvalue weighted by Gasteiger charge is -2.07. The van der Waals surface area contributed by atoms with Crippen molar-refractivity contribution in [3.8, 4) is 11.5 Å². The highest BCUT2D eigenvalue weighted by molar-refractivity contribution is 9.11. The van der Waals surface area contributed by atoms with Gasteiger partial charge in [0.1, 0.15) is 11.5 Å². The van der Waals surface area contributed by atoms with Gasteiger partial charge in [-0.05, 0) is 73.8 Å². The molecule has 0 aliphatic carbocycles. The number of hydrogen-bond acceptors (Lipinski definition) is 4. The molecule has 0 aromatic heterocycles. The molecule has 2 aromatic carbocycles. The molecule has 0 bridgehead atoms. The number of rotatable bonds is 5. The molecule has 0 aliphatic heterocycles. The second-order valence-corrected chi connectivity index (χ2v) is 5.82. The summed E-state index contributed by atoms with van der Waals surface area (Å²) in [6.07, 6.45) is 1.74. The molecule has 0 unspecified atom stereocenters. The van der Waals surface area contributed by atoms with Crippen molar-refractivity contribution in [1.82, 2.24) is 0 Å². The molecule has 0 atom stereocenters. The number of nitrogens with one attached hydrogen (secondary N) is 1. The average Bonchev–Trinajstić information content (AvgIpc) is 2.48. The molecule has 0 saturated heterocycles. The van der Waals surface area contributed by atoms with Gasteiger partial charge >= 0.3 is 0 Å². The van der Waals surface area contributed by atoms with Crippen LogP contribution in [0.3, 0.4) is 0 Å². The Balaban J connectivity index is 2.07. The van der Waals surface area contributed by atoms with Gasteiger partial charge in [-0.2, -0.15) is 5.10 Å². The Morgan fingerprint density at radius 2 is 1.62 bits per heavy atom. The van der Waals surface area contributed by atoms with Crippen LogP contribution in [0.4, 0.5) is 5.69 Å². The number of hydrogen-bond donors (Lipinski definition) is 1. The molecule has 2 rings (SSSR count). The summed E-state index contributed by atoms with van der Waals surface area (Å²) in [5.74, 6) is 1.57. The van der Waals surface area contributed by atoms with Crippen LogP contribution in [0.25, 0.3) is 0 Å². The number of ether oxygens (including phenoxy) is 2. The molecule has 1 N–H and O–H groups in total. The Hall–Kier alpha value is -1.53. The predicted molar refractivity (Wildman–Crippen MR) is 92.6 cm³/mol. The monoisotopic (exact) mass is 412 g/mol. The third kappa shape index (κ3) is 4.22. The van der Waals surface area contributed by atoms with E-state index in [0.29, 0.717) is 0 Å². The maximum atomic E-state index is 5.26. The van der Waals surface area contributed by atoms with Crippen molar-refractivity contribution < 1.29 is 9.47 Å². The molecule has 0 aliphatic rings. The Labute approximate surface area is 140 Å². The highest BCUT2D eigenvalue weighted by Crippen LogP contribution is 2.33. The van der Waals surface area contributed by atoms with Crippen molar-refractivity contribution in [2.75, 3.05) is 19.6 Å². The van der Waals surface area contributed by atoms with Crippen molar-refractivity contribution in [3.05, 3.63) is 50.9 Å². The Morgan fingerprint density at radius 1 is 1.00 bits per heavy atom. The summed E-state index contributed by atoms with van der Waals surface area (Å²) >= 11 is 6.92. The lowest BCUT2D eigenvalue weighted by molar-refractivity contribution is 0.409. The topological polar surface area (TPSA) is 42.8 Å². The van der Waals surface area contributed by atoms with E-state index in [1.165, 1.54) is 0 Å². The molecule has 0 heterocycles. The minimum absolute atomic E-state index is 0.760. The minimum Gasteiger partial charge on any atom is -0.497 e. The van der Waals surface area contributed by atoms with E-state index in [-0.39, 0.29) is 0 Å². The second kappa shape index (κ2) is 7.47. The Bertz CT molecular complexity index is 620. The van der Waals surface area contributed by atoms with Gasteiger partial charge in [0.25, 0.3) is 0 Å². The van der Waals surface area contributed by atoms with Gasteiger partial charge in [0.05, 0.1) is 35.1 Å². The summed E-state index contributed by atoms with van der Waals surface area (Å²) in [6.45, 7) is 0. The van der Waals surface area contributed by atoms with Gasteiger partial charge in [-0.25, -0.2) is 0 Å². The van der Waals surface area contributed by atoms with Gasteiger partial charge in [-0.3, -0.25) is 5.43 Å². The van der Waals surface area contributed by atoms with Gasteiger partial charge in [-0.1, -0.05) is 0 Å². The van der Waals surface area contributed by atoms with Crippen LogP contribution in [-0.4, -0.2) is 20.4 Å². The first-order valence-electron chi connectivity index (χ1n) is 6.10. The molecule has 0 radical (unpaired) electrons. The van der Waals surface area contributed by atoms with Gasteiger partial charge in [0.2, 0.25) is 0 Å². The van der Waals surface area contributed by atoms with Crippen molar-refractivity contribution in [2.24, 2.45) is 5.10 Å². The Kier molecular flexibility index (Phi) is 5.64. The first-order chi connectivity index (χ1) is 10.1. The number of nitrogens with zero attached hydrogens (tertiary/aromatic N) is 1. The lowest BCUT2D eigenvalue weighted by Crippen LogP contribution is -1.93. The van der Waals surface area contributed by atoms with E-state index in [1.807, 2.05) is 36.4 Å². The van der Waals surface area contributed by atoms with E-state index >= 15 is 0 Å². The highest BCUT2D eigenvalue weighted by atomic mass is 79.9. The fraction of sp³-hybridized carbons (Fsp3) is 0.133. The fourth-order valence-electron chi connectivity index (χ4n) is 1.70. The predicted octanol–water partition coefficient (Wildman–Crippen LogP) is 4.67. The zero-order chi connectivity index (χ0) is 15.2. The molecule has 0 saturated carbocycles. The third-order valence-electron chi connectivity index (χ3n) is 2.72. The zero-order valence-electron chi connectivity index (χ0n) is 11.6. The largest absolute Gasteiger partial charge is 0.497 e. The van der Waals surface area contributed by atoms with E-state index in [4.69, 9.17) is 9.47 Å². The smallest absolute Gasteiger partial charge is 0.147 e. The number of hydrazone groups is 1. The second-order valence-electron chi connectivity index (χ2n) is 4.12. The zero-order valence-corrected chi connectivity index (χ0v) is 14.7. The van der Waals surface area contributed by atoms with Gasteiger partial charge in [-0.15, -0.1) is 0 Å². The molecule has 6 heteroatoms. The highest BCUT2D eigenvalue weighted by Gasteiger charge is 2.06. The first kappa shape index (κ1) is 15.9. The van der Waals surface area contributed by atoms with Crippen LogP contribution in [0, 0.1) is 0 Å². The van der Waals surface area contributed by atoms with Gasteiger partial charge in [0.15, 0.2) is 0 Å². The van der Waals surface area contributed by atoms with Crippen LogP contribution < -0.4 is 14.9 Å². The standard InChI is InChI=1S/C15H14Br2N2O2/c1-20-12-5-3-11(4-6-12)19-18-9-10-7-13(16)15(21-2)14(17)8-10/h3-9,19H,1-2H3/b18-9+. The fourth-order valence-corrected chi connectivity index (χ4v) is 3.24. The summed E-state index contributed by atoms with van der Waals surface area (Å²) in [6, 6.07) is 11.4. The van der Waals surface area contributed by atoms with Crippen molar-refractivity contribution in [2.45, 2.75) is 0 Å². The summed E-state index contributed by atoms with van der Waals surface area (Å²) in [7, 11) is 3.27. The van der Waals surface area contributed by atoms with Crippen LogP contribution in [0.15, 0.2) is 50.4 Å². The number of halogens is 2. The van der Waals surface area contributed by atoms with Crippen molar-refractivity contribution >= 4 is 43.8 Å². The third-order valence-corrected chi connectivity index (χ3v) is 3.90.